The third-order valence-corrected chi connectivity index (χ3v) is 2.45. The number of nitrogens with zero attached hydrogens (tertiary/aromatic N) is 1. The van der Waals surface area contributed by atoms with Crippen molar-refractivity contribution in [3.63, 3.8) is 0 Å². The minimum Gasteiger partial charge on any atom is -0.490 e. The van der Waals surface area contributed by atoms with E-state index in [1.54, 1.807) is 0 Å². The maximum absolute atomic E-state index is 12.4. The Bertz CT molecular complexity index is 431. The van der Waals surface area contributed by atoms with E-state index in [1.165, 1.54) is 23.1 Å². The van der Waals surface area contributed by atoms with Crippen LogP contribution in [-0.4, -0.2) is 32.2 Å². The number of alkyl halides is 3. The molecule has 6 heteroatoms. The average Bonchev–Trinajstić information content (AvgIpc) is 2.27. The molecule has 17 heavy (non-hydrogen) atoms. The standard InChI is InChI=1S/C11H10F3NO2/c12-11(13,14)7-15-3-4-17-10-2-1-8(6-16)5-9(10)15/h1-2,5-6H,3-4,7H2. The smallest absolute Gasteiger partial charge is 0.405 e. The molecule has 0 unspecified atom stereocenters. The van der Waals surface area contributed by atoms with E-state index in [2.05, 4.69) is 0 Å². The first kappa shape index (κ1) is 11.8. The topological polar surface area (TPSA) is 29.5 Å². The molecule has 0 spiro atoms. The molecule has 0 aliphatic carbocycles. The lowest BCUT2D eigenvalue weighted by molar-refractivity contribution is -0.120. The average molecular weight is 245 g/mol. The van der Waals surface area contributed by atoms with Crippen LogP contribution >= 0.6 is 0 Å². The number of carbonyl (C=O) groups excluding carboxylic acids is 1. The van der Waals surface area contributed by atoms with Gasteiger partial charge in [0.15, 0.2) is 0 Å². The van der Waals surface area contributed by atoms with Crippen LogP contribution in [0.4, 0.5) is 18.9 Å². The van der Waals surface area contributed by atoms with Crippen LogP contribution in [0.3, 0.4) is 0 Å². The van der Waals surface area contributed by atoms with Crippen molar-refractivity contribution in [1.82, 2.24) is 0 Å². The summed E-state index contributed by atoms with van der Waals surface area (Å²) in [6, 6.07) is 4.44. The number of halogens is 3. The van der Waals surface area contributed by atoms with Gasteiger partial charge in [-0.25, -0.2) is 0 Å². The van der Waals surface area contributed by atoms with Crippen LogP contribution in [0.2, 0.25) is 0 Å². The van der Waals surface area contributed by atoms with Crippen molar-refractivity contribution in [2.24, 2.45) is 0 Å². The predicted molar refractivity (Wildman–Crippen MR) is 55.6 cm³/mol. The summed E-state index contributed by atoms with van der Waals surface area (Å²) in [5.41, 5.74) is 0.652. The number of carbonyl (C=O) groups is 1. The molecule has 1 aliphatic rings. The van der Waals surface area contributed by atoms with E-state index in [1.807, 2.05) is 0 Å². The molecule has 0 saturated carbocycles. The Kier molecular flexibility index (Phi) is 2.95. The van der Waals surface area contributed by atoms with Gasteiger partial charge < -0.3 is 9.64 Å². The van der Waals surface area contributed by atoms with Crippen LogP contribution < -0.4 is 9.64 Å². The molecule has 0 N–H and O–H groups in total. The second kappa shape index (κ2) is 4.27. The van der Waals surface area contributed by atoms with Crippen LogP contribution in [0.5, 0.6) is 5.75 Å². The van der Waals surface area contributed by atoms with Crippen LogP contribution in [0.1, 0.15) is 10.4 Å². The molecule has 1 aliphatic heterocycles. The van der Waals surface area contributed by atoms with Crippen molar-refractivity contribution in [1.29, 1.82) is 0 Å². The third-order valence-electron chi connectivity index (χ3n) is 2.45. The van der Waals surface area contributed by atoms with E-state index in [4.69, 9.17) is 4.74 Å². The fourth-order valence-electron chi connectivity index (χ4n) is 1.74. The van der Waals surface area contributed by atoms with Crippen LogP contribution in [0.15, 0.2) is 18.2 Å². The number of anilines is 1. The van der Waals surface area contributed by atoms with E-state index in [-0.39, 0.29) is 13.2 Å². The molecule has 92 valence electrons. The SMILES string of the molecule is O=Cc1ccc2c(c1)N(CC(F)(F)F)CCO2. The lowest BCUT2D eigenvalue weighted by Crippen LogP contribution is -2.39. The molecule has 2 rings (SSSR count). The van der Waals surface area contributed by atoms with Gasteiger partial charge >= 0.3 is 6.18 Å². The molecule has 0 radical (unpaired) electrons. The molecule has 1 aromatic rings. The van der Waals surface area contributed by atoms with Gasteiger partial charge in [0.1, 0.15) is 25.2 Å². The van der Waals surface area contributed by atoms with Crippen LogP contribution in [0, 0.1) is 0 Å². The zero-order valence-corrected chi connectivity index (χ0v) is 8.83. The highest BCUT2D eigenvalue weighted by Crippen LogP contribution is 2.34. The molecule has 0 aromatic heterocycles. The maximum Gasteiger partial charge on any atom is 0.405 e. The first-order chi connectivity index (χ1) is 7.99. The Hall–Kier alpha value is -1.72. The Labute approximate surface area is 95.8 Å². The summed E-state index contributed by atoms with van der Waals surface area (Å²) in [5, 5.41) is 0. The summed E-state index contributed by atoms with van der Waals surface area (Å²) < 4.78 is 42.3. The first-order valence-electron chi connectivity index (χ1n) is 5.03. The highest BCUT2D eigenvalue weighted by atomic mass is 19.4. The van der Waals surface area contributed by atoms with Crippen molar-refractivity contribution in [3.05, 3.63) is 23.8 Å². The number of rotatable bonds is 2. The van der Waals surface area contributed by atoms with Gasteiger partial charge in [-0.15, -0.1) is 0 Å². The fourth-order valence-corrected chi connectivity index (χ4v) is 1.74. The van der Waals surface area contributed by atoms with Gasteiger partial charge in [0.25, 0.3) is 0 Å². The van der Waals surface area contributed by atoms with Crippen LogP contribution in [-0.2, 0) is 0 Å². The van der Waals surface area contributed by atoms with Crippen molar-refractivity contribution < 1.29 is 22.7 Å². The first-order valence-corrected chi connectivity index (χ1v) is 5.03. The van der Waals surface area contributed by atoms with Crippen LogP contribution in [0.25, 0.3) is 0 Å². The van der Waals surface area contributed by atoms with E-state index >= 15 is 0 Å². The predicted octanol–water partition coefficient (Wildman–Crippen LogP) is 2.26. The minimum atomic E-state index is -4.27. The largest absolute Gasteiger partial charge is 0.490 e. The van der Waals surface area contributed by atoms with E-state index in [9.17, 15) is 18.0 Å². The molecule has 0 fully saturated rings. The van der Waals surface area contributed by atoms with Gasteiger partial charge in [-0.2, -0.15) is 13.2 Å². The molecule has 1 heterocycles. The number of ether oxygens (including phenoxy) is 1. The summed E-state index contributed by atoms with van der Waals surface area (Å²) >= 11 is 0. The lowest BCUT2D eigenvalue weighted by Gasteiger charge is -2.31. The molecule has 0 bridgehead atoms. The Balaban J connectivity index is 2.32. The van der Waals surface area contributed by atoms with E-state index in [0.29, 0.717) is 23.3 Å². The molecule has 1 aromatic carbocycles. The molecular formula is C11H10F3NO2. The Morgan fingerprint density at radius 3 is 2.82 bits per heavy atom. The Morgan fingerprint density at radius 1 is 1.41 bits per heavy atom. The molecule has 0 amide bonds. The van der Waals surface area contributed by atoms with Crippen molar-refractivity contribution in [2.75, 3.05) is 24.6 Å². The molecule has 3 nitrogen and oxygen atoms in total. The van der Waals surface area contributed by atoms with Gasteiger partial charge in [0.2, 0.25) is 0 Å². The number of fused-ring (bicyclic) bond motifs is 1. The van der Waals surface area contributed by atoms with Gasteiger partial charge in [0.05, 0.1) is 12.2 Å². The number of benzene rings is 1. The zero-order valence-electron chi connectivity index (χ0n) is 8.83. The Morgan fingerprint density at radius 2 is 2.18 bits per heavy atom. The second-order valence-corrected chi connectivity index (χ2v) is 3.73. The normalized spacial score (nSPS) is 15.1. The monoisotopic (exact) mass is 245 g/mol. The van der Waals surface area contributed by atoms with E-state index < -0.39 is 12.7 Å². The van der Waals surface area contributed by atoms with Gasteiger partial charge in [0, 0.05) is 5.56 Å². The second-order valence-electron chi connectivity index (χ2n) is 3.73. The number of hydrogen-bond donors (Lipinski definition) is 0. The van der Waals surface area contributed by atoms with Crippen molar-refractivity contribution in [2.45, 2.75) is 6.18 Å². The number of hydrogen-bond acceptors (Lipinski definition) is 3. The van der Waals surface area contributed by atoms with E-state index in [0.717, 1.165) is 0 Å². The highest BCUT2D eigenvalue weighted by molar-refractivity contribution is 5.79. The van der Waals surface area contributed by atoms with Gasteiger partial charge in [-0.3, -0.25) is 4.79 Å². The number of aldehydes is 1. The molecular weight excluding hydrogens is 235 g/mol. The summed E-state index contributed by atoms with van der Waals surface area (Å²) in [5.74, 6) is 0.381. The summed E-state index contributed by atoms with van der Waals surface area (Å²) in [6.45, 7) is -0.663. The quantitative estimate of drug-likeness (QED) is 0.748. The summed E-state index contributed by atoms with van der Waals surface area (Å²) in [4.78, 5) is 11.8. The highest BCUT2D eigenvalue weighted by Gasteiger charge is 2.33. The molecule has 0 saturated heterocycles. The lowest BCUT2D eigenvalue weighted by atomic mass is 10.1. The fraction of sp³-hybridized carbons (Fsp3) is 0.364. The van der Waals surface area contributed by atoms with Gasteiger partial charge in [-0.1, -0.05) is 0 Å². The summed E-state index contributed by atoms with van der Waals surface area (Å²) in [6.07, 6.45) is -3.67. The third kappa shape index (κ3) is 2.69. The van der Waals surface area contributed by atoms with Crippen molar-refractivity contribution in [3.8, 4) is 5.75 Å². The molecule has 0 atom stereocenters. The van der Waals surface area contributed by atoms with Crippen molar-refractivity contribution >= 4 is 12.0 Å². The zero-order chi connectivity index (χ0) is 12.5. The maximum atomic E-state index is 12.4. The van der Waals surface area contributed by atoms with Gasteiger partial charge in [-0.05, 0) is 18.2 Å². The summed E-state index contributed by atoms with van der Waals surface area (Å²) in [7, 11) is 0. The minimum absolute atomic E-state index is 0.162.